The van der Waals surface area contributed by atoms with E-state index in [4.69, 9.17) is 13.3 Å². The molecule has 0 atom stereocenters. The van der Waals surface area contributed by atoms with E-state index in [-0.39, 0.29) is 0 Å². The van der Waals surface area contributed by atoms with Crippen molar-refractivity contribution in [3.8, 4) is 0 Å². The van der Waals surface area contributed by atoms with Gasteiger partial charge in [0.1, 0.15) is 33.5 Å². The summed E-state index contributed by atoms with van der Waals surface area (Å²) in [4.78, 5) is 0. The van der Waals surface area contributed by atoms with Gasteiger partial charge < -0.3 is 22.1 Å². The maximum absolute atomic E-state index is 5.78. The van der Waals surface area contributed by atoms with Crippen molar-refractivity contribution in [2.24, 2.45) is 0 Å². The van der Waals surface area contributed by atoms with Gasteiger partial charge in [0, 0.05) is 95.6 Å². The van der Waals surface area contributed by atoms with Crippen LogP contribution in [-0.2, 0) is 0 Å². The van der Waals surface area contributed by atoms with E-state index in [1.165, 1.54) is 162 Å². The van der Waals surface area contributed by atoms with Crippen molar-refractivity contribution in [3.05, 3.63) is 325 Å². The number of para-hydroxylation sites is 8. The Bertz CT molecular complexity index is 6540. The van der Waals surface area contributed by atoms with Gasteiger partial charge in [-0.1, -0.05) is 230 Å². The van der Waals surface area contributed by atoms with Crippen LogP contribution < -0.4 is 0 Å². The summed E-state index contributed by atoms with van der Waals surface area (Å²) in [6, 6.07) is 103. The topological polar surface area (TPSA) is 48.2 Å². The first-order chi connectivity index (χ1) is 47.1. The van der Waals surface area contributed by atoms with Crippen molar-refractivity contribution in [1.82, 2.24) is 8.80 Å². The summed E-state index contributed by atoms with van der Waals surface area (Å²) in [5, 5.41) is 20.8. The molecule has 6 heteroatoms. The second kappa shape index (κ2) is 23.7. The predicted octanol–water partition coefficient (Wildman–Crippen LogP) is 26.3. The fraction of sp³-hybridized carbons (Fsp3) is 0.0667. The second-order valence-corrected chi connectivity index (χ2v) is 26.5. The summed E-state index contributed by atoms with van der Waals surface area (Å²) in [7, 11) is 0. The van der Waals surface area contributed by atoms with Gasteiger partial charge in [0.25, 0.3) is 0 Å². The van der Waals surface area contributed by atoms with Crippen LogP contribution in [0.25, 0.3) is 162 Å². The van der Waals surface area contributed by atoms with Crippen molar-refractivity contribution in [2.45, 2.75) is 41.5 Å². The van der Waals surface area contributed by atoms with Gasteiger partial charge in [0.2, 0.25) is 0 Å². The lowest BCUT2D eigenvalue weighted by molar-refractivity contribution is 0.665. The van der Waals surface area contributed by atoms with Gasteiger partial charge >= 0.3 is 0 Å². The molecular weight excluding hydrogens is 1190 g/mol. The lowest BCUT2D eigenvalue weighted by Crippen LogP contribution is -1.80. The van der Waals surface area contributed by atoms with Crippen LogP contribution in [0.5, 0.6) is 0 Å². The maximum Gasteiger partial charge on any atom is 0.138 e. The van der Waals surface area contributed by atoms with Gasteiger partial charge in [-0.3, -0.25) is 0 Å². The average molecular weight is 1260 g/mol. The number of aromatic nitrogens is 2. The maximum atomic E-state index is 5.78. The summed E-state index contributed by atoms with van der Waals surface area (Å²) in [5.74, 6) is 0. The first kappa shape index (κ1) is 58.1. The normalized spacial score (nSPS) is 11.6. The zero-order valence-electron chi connectivity index (χ0n) is 54.2. The molecule has 22 aromatic rings. The Balaban J connectivity index is 0.0000000879. The molecule has 8 aromatic heterocycles. The minimum Gasteiger partial charge on any atom is -0.456 e. The molecule has 22 rings (SSSR count). The standard InChI is InChI=1S/2C19H13N.3C13H10O.C13H10S/c1-12-9-10-14-16-7-4-6-15-13-5-2-3-8-17(13)20(19(15)16)18(14)11-12;1-12-9-10-18-16(11-12)15-7-4-6-14-13-5-2-3-8-17(13)20(18)19(14)15;1-9-5-4-7-11-10-6-2-3-8-12(10)14-13(9)11;1-9-6-7-13-11(8-9)10-4-2-3-5-12(10)14-13;1-9-6-7-11-10-4-2-3-5-12(10)14-13(11)8-9;1-9-5-4-7-11-10-6-2-3-8-12(10)14-13(9)11/h2*2-11H,1H3;4*2-8H,1H3. The van der Waals surface area contributed by atoms with Gasteiger partial charge in [-0.15, -0.1) is 11.3 Å². The molecule has 0 aliphatic carbocycles. The number of aryl methyl sites for hydroxylation is 6. The smallest absolute Gasteiger partial charge is 0.138 e. The minimum atomic E-state index is 0.966. The largest absolute Gasteiger partial charge is 0.456 e. The number of rotatable bonds is 0. The first-order valence-corrected chi connectivity index (χ1v) is 33.7. The average Bonchev–Trinajstić information content (AvgIpc) is 1.55. The van der Waals surface area contributed by atoms with Crippen LogP contribution in [0.15, 0.2) is 304 Å². The molecular formula is C90H66N2O3S. The third-order valence-electron chi connectivity index (χ3n) is 19.0. The van der Waals surface area contributed by atoms with Gasteiger partial charge in [0.05, 0.1) is 33.1 Å². The Labute approximate surface area is 558 Å². The Kier molecular flexibility index (Phi) is 14.4. The monoisotopic (exact) mass is 1250 g/mol. The van der Waals surface area contributed by atoms with E-state index < -0.39 is 0 Å². The van der Waals surface area contributed by atoms with Crippen LogP contribution >= 0.6 is 11.3 Å². The van der Waals surface area contributed by atoms with Crippen molar-refractivity contribution >= 4 is 174 Å². The summed E-state index contributed by atoms with van der Waals surface area (Å²) < 4.78 is 24.9. The molecule has 0 aliphatic heterocycles. The highest BCUT2D eigenvalue weighted by Crippen LogP contribution is 2.42. The lowest BCUT2D eigenvalue weighted by Gasteiger charge is -1.98. The molecule has 0 unspecified atom stereocenters. The van der Waals surface area contributed by atoms with E-state index in [0.29, 0.717) is 0 Å². The summed E-state index contributed by atoms with van der Waals surface area (Å²) in [6.07, 6.45) is 0. The van der Waals surface area contributed by atoms with Gasteiger partial charge in [-0.2, -0.15) is 0 Å². The number of hydrogen-bond acceptors (Lipinski definition) is 4. The summed E-state index contributed by atoms with van der Waals surface area (Å²) >= 11 is 1.89. The molecule has 0 saturated carbocycles. The molecule has 96 heavy (non-hydrogen) atoms. The van der Waals surface area contributed by atoms with Crippen molar-refractivity contribution in [1.29, 1.82) is 0 Å². The number of benzene rings is 14. The first-order valence-electron chi connectivity index (χ1n) is 32.9. The van der Waals surface area contributed by atoms with Crippen LogP contribution in [0.2, 0.25) is 0 Å². The van der Waals surface area contributed by atoms with E-state index in [1.807, 2.05) is 72.0 Å². The summed E-state index contributed by atoms with van der Waals surface area (Å²) in [5.41, 5.74) is 21.5. The van der Waals surface area contributed by atoms with E-state index in [1.54, 1.807) is 0 Å². The Hall–Kier alpha value is -11.7. The molecule has 14 aromatic carbocycles. The molecule has 0 bridgehead atoms. The number of thiophene rings is 1. The predicted molar refractivity (Wildman–Crippen MR) is 411 cm³/mol. The number of furan rings is 3. The molecule has 460 valence electrons. The molecule has 0 N–H and O–H groups in total. The lowest BCUT2D eigenvalue weighted by atomic mass is 10.1. The molecule has 0 amide bonds. The van der Waals surface area contributed by atoms with Crippen LogP contribution in [0.1, 0.15) is 33.4 Å². The van der Waals surface area contributed by atoms with Crippen molar-refractivity contribution < 1.29 is 13.3 Å². The Morgan fingerprint density at radius 1 is 0.229 bits per heavy atom. The minimum absolute atomic E-state index is 0.966. The van der Waals surface area contributed by atoms with Crippen LogP contribution in [0.4, 0.5) is 0 Å². The fourth-order valence-electron chi connectivity index (χ4n) is 14.5. The Morgan fingerprint density at radius 3 is 1.27 bits per heavy atom. The van der Waals surface area contributed by atoms with Crippen molar-refractivity contribution in [2.75, 3.05) is 0 Å². The summed E-state index contributed by atoms with van der Waals surface area (Å²) in [6.45, 7) is 12.7. The van der Waals surface area contributed by atoms with E-state index >= 15 is 0 Å². The van der Waals surface area contributed by atoms with Crippen molar-refractivity contribution in [3.63, 3.8) is 0 Å². The van der Waals surface area contributed by atoms with E-state index in [2.05, 4.69) is 281 Å². The third kappa shape index (κ3) is 9.91. The quantitative estimate of drug-likeness (QED) is 0.152. The van der Waals surface area contributed by atoms with E-state index in [0.717, 1.165) is 33.5 Å². The van der Waals surface area contributed by atoms with Gasteiger partial charge in [-0.05, 0) is 137 Å². The number of hydrogen-bond donors (Lipinski definition) is 0. The highest BCUT2D eigenvalue weighted by atomic mass is 32.1. The molecule has 0 radical (unpaired) electrons. The number of nitrogens with zero attached hydrogens (tertiary/aromatic N) is 2. The molecule has 0 saturated heterocycles. The van der Waals surface area contributed by atoms with E-state index in [9.17, 15) is 0 Å². The highest BCUT2D eigenvalue weighted by Gasteiger charge is 2.19. The van der Waals surface area contributed by atoms with Gasteiger partial charge in [0.15, 0.2) is 0 Å². The highest BCUT2D eigenvalue weighted by molar-refractivity contribution is 7.26. The second-order valence-electron chi connectivity index (χ2n) is 25.4. The molecule has 5 nitrogen and oxygen atoms in total. The Morgan fingerprint density at radius 2 is 0.615 bits per heavy atom. The fourth-order valence-corrected chi connectivity index (χ4v) is 15.7. The number of fused-ring (bicyclic) bond motifs is 24. The van der Waals surface area contributed by atoms with Crippen LogP contribution in [0.3, 0.4) is 0 Å². The molecule has 8 heterocycles. The zero-order chi connectivity index (χ0) is 64.7. The molecule has 0 spiro atoms. The van der Waals surface area contributed by atoms with Gasteiger partial charge in [-0.25, -0.2) is 0 Å². The van der Waals surface area contributed by atoms with Crippen LogP contribution in [0, 0.1) is 41.5 Å². The third-order valence-corrected chi connectivity index (χ3v) is 20.3. The zero-order valence-corrected chi connectivity index (χ0v) is 55.1. The SMILES string of the molecule is Cc1ccc2c(c1)c1cccc3c4ccccc4n2c31.Cc1ccc2c(c1)oc1ccccc12.Cc1ccc2c3cccc4c5ccccc5n(c2c1)c43.Cc1ccc2oc3ccccc3c2c1.Cc1cccc2c1oc1ccccc12.Cc1cccc2c1sc1ccccc12. The molecule has 0 aliphatic rings. The van der Waals surface area contributed by atoms with Crippen LogP contribution in [-0.4, -0.2) is 8.80 Å². The molecule has 0 fully saturated rings.